The maximum absolute atomic E-state index is 11.6. The number of Topliss-reactive ketones (excluding diaryl/α,β-unsaturated/α-hetero) is 2. The van der Waals surface area contributed by atoms with Gasteiger partial charge >= 0.3 is 5.97 Å². The number of alkyl halides is 3. The van der Waals surface area contributed by atoms with Gasteiger partial charge in [-0.2, -0.15) is 0 Å². The van der Waals surface area contributed by atoms with Crippen molar-refractivity contribution in [3.63, 3.8) is 0 Å². The van der Waals surface area contributed by atoms with Gasteiger partial charge in [-0.1, -0.05) is 59.1 Å². The van der Waals surface area contributed by atoms with E-state index in [1.807, 2.05) is 0 Å². The van der Waals surface area contributed by atoms with Crippen molar-refractivity contribution in [1.29, 1.82) is 0 Å². The van der Waals surface area contributed by atoms with E-state index in [-0.39, 0.29) is 12.8 Å². The lowest BCUT2D eigenvalue weighted by atomic mass is 10.0. The lowest BCUT2D eigenvalue weighted by Gasteiger charge is -2.09. The zero-order valence-electron chi connectivity index (χ0n) is 10.7. The summed E-state index contributed by atoms with van der Waals surface area (Å²) in [5, 5.41) is 8.71. The van der Waals surface area contributed by atoms with Crippen LogP contribution in [0.25, 0.3) is 0 Å². The Kier molecular flexibility index (Phi) is 6.16. The molecule has 114 valence electrons. The molecule has 1 atom stereocenters. The van der Waals surface area contributed by atoms with Gasteiger partial charge in [-0.3, -0.25) is 14.4 Å². The number of benzene rings is 1. The number of hydrogen-bond acceptors (Lipinski definition) is 4. The second kappa shape index (κ2) is 7.22. The predicted molar refractivity (Wildman–Crippen MR) is 79.8 cm³/mol. The number of rotatable bonds is 6. The number of ketones is 2. The minimum absolute atomic E-state index is 0.163. The predicted octanol–water partition coefficient (Wildman–Crippen LogP) is 1.69. The van der Waals surface area contributed by atoms with Gasteiger partial charge in [0, 0.05) is 6.42 Å². The van der Waals surface area contributed by atoms with Gasteiger partial charge in [0.25, 0.3) is 3.79 Å². The van der Waals surface area contributed by atoms with E-state index in [9.17, 15) is 14.4 Å². The highest BCUT2D eigenvalue weighted by atomic mass is 35.6. The minimum Gasteiger partial charge on any atom is -0.480 e. The van der Waals surface area contributed by atoms with Gasteiger partial charge in [-0.25, -0.2) is 0 Å². The number of carbonyl (C=O) groups is 3. The third-order valence-corrected chi connectivity index (χ3v) is 3.19. The summed E-state index contributed by atoms with van der Waals surface area (Å²) in [6.45, 7) is 0. The fourth-order valence-electron chi connectivity index (χ4n) is 1.56. The van der Waals surface area contributed by atoms with Crippen molar-refractivity contribution >= 4 is 52.3 Å². The molecule has 0 saturated heterocycles. The Morgan fingerprint density at radius 2 is 1.57 bits per heavy atom. The summed E-state index contributed by atoms with van der Waals surface area (Å²) in [5.41, 5.74) is 6.67. The molecule has 3 N–H and O–H groups in total. The number of carbonyl (C=O) groups excluding carboxylic acids is 2. The number of nitrogens with two attached hydrogens (primary N) is 1. The molecule has 8 heteroatoms. The SMILES string of the molecule is N[C@H](Cc1ccc(CC(=O)C(=O)C(Cl)(Cl)Cl)cc1)C(=O)O. The Morgan fingerprint density at radius 3 is 2.00 bits per heavy atom. The van der Waals surface area contributed by atoms with Gasteiger partial charge in [0.15, 0.2) is 0 Å². The Balaban J connectivity index is 2.69. The van der Waals surface area contributed by atoms with Gasteiger partial charge in [-0.05, 0) is 17.5 Å². The van der Waals surface area contributed by atoms with E-state index in [1.165, 1.54) is 0 Å². The van der Waals surface area contributed by atoms with Crippen molar-refractivity contribution in [2.24, 2.45) is 5.73 Å². The van der Waals surface area contributed by atoms with Crippen LogP contribution in [-0.4, -0.2) is 32.5 Å². The van der Waals surface area contributed by atoms with E-state index in [0.717, 1.165) is 0 Å². The molecule has 0 unspecified atom stereocenters. The average molecular weight is 353 g/mol. The standard InChI is InChI=1S/C13H12Cl3NO4/c14-13(15,16)11(19)10(18)6-8-3-1-7(2-4-8)5-9(17)12(20)21/h1-4,9H,5-6,17H2,(H,20,21)/t9-/m1/s1. The number of carboxylic acids is 1. The van der Waals surface area contributed by atoms with E-state index in [4.69, 9.17) is 45.6 Å². The molecule has 0 aliphatic rings. The zero-order valence-corrected chi connectivity index (χ0v) is 13.0. The topological polar surface area (TPSA) is 97.5 Å². The summed E-state index contributed by atoms with van der Waals surface area (Å²) in [5.74, 6) is -3.00. The van der Waals surface area contributed by atoms with Crippen LogP contribution in [0.5, 0.6) is 0 Å². The highest BCUT2D eigenvalue weighted by Crippen LogP contribution is 2.27. The molecular weight excluding hydrogens is 341 g/mol. The lowest BCUT2D eigenvalue weighted by Crippen LogP contribution is -2.32. The molecule has 1 rings (SSSR count). The van der Waals surface area contributed by atoms with Crippen LogP contribution < -0.4 is 5.73 Å². The Bertz CT molecular complexity index is 552. The lowest BCUT2D eigenvalue weighted by molar-refractivity contribution is -0.138. The highest BCUT2D eigenvalue weighted by molar-refractivity contribution is 6.81. The maximum atomic E-state index is 11.6. The first kappa shape index (κ1) is 17.9. The first-order valence-corrected chi connectivity index (χ1v) is 6.95. The second-order valence-electron chi connectivity index (χ2n) is 4.39. The molecule has 1 aromatic rings. The third kappa shape index (κ3) is 5.63. The molecule has 5 nitrogen and oxygen atoms in total. The van der Waals surface area contributed by atoms with Crippen molar-refractivity contribution in [3.8, 4) is 0 Å². The van der Waals surface area contributed by atoms with Gasteiger partial charge in [0.05, 0.1) is 0 Å². The van der Waals surface area contributed by atoms with E-state index in [2.05, 4.69) is 0 Å². The minimum atomic E-state index is -2.26. The van der Waals surface area contributed by atoms with E-state index in [1.54, 1.807) is 24.3 Å². The zero-order chi connectivity index (χ0) is 16.2. The summed E-state index contributed by atoms with van der Waals surface area (Å²) < 4.78 is -2.26. The van der Waals surface area contributed by atoms with Crippen LogP contribution in [-0.2, 0) is 27.2 Å². The Labute approximate surface area is 136 Å². The van der Waals surface area contributed by atoms with Crippen molar-refractivity contribution in [1.82, 2.24) is 0 Å². The van der Waals surface area contributed by atoms with Crippen LogP contribution >= 0.6 is 34.8 Å². The fourth-order valence-corrected chi connectivity index (χ4v) is 1.87. The molecule has 0 bridgehead atoms. The summed E-state index contributed by atoms with van der Waals surface area (Å²) >= 11 is 16.0. The molecule has 0 fully saturated rings. The smallest absolute Gasteiger partial charge is 0.320 e. The molecule has 0 spiro atoms. The molecule has 0 heterocycles. The van der Waals surface area contributed by atoms with Crippen LogP contribution in [0, 0.1) is 0 Å². The fraction of sp³-hybridized carbons (Fsp3) is 0.308. The molecule has 0 aliphatic carbocycles. The molecule has 0 aliphatic heterocycles. The third-order valence-electron chi connectivity index (χ3n) is 2.67. The molecule has 0 radical (unpaired) electrons. The maximum Gasteiger partial charge on any atom is 0.320 e. The van der Waals surface area contributed by atoms with E-state index >= 15 is 0 Å². The van der Waals surface area contributed by atoms with E-state index in [0.29, 0.717) is 11.1 Å². The van der Waals surface area contributed by atoms with Crippen molar-refractivity contribution in [3.05, 3.63) is 35.4 Å². The monoisotopic (exact) mass is 351 g/mol. The Morgan fingerprint density at radius 1 is 1.10 bits per heavy atom. The van der Waals surface area contributed by atoms with Crippen LogP contribution in [0.4, 0.5) is 0 Å². The average Bonchev–Trinajstić information content (AvgIpc) is 2.38. The number of hydrogen-bond donors (Lipinski definition) is 2. The number of halogens is 3. The molecule has 1 aromatic carbocycles. The summed E-state index contributed by atoms with van der Waals surface area (Å²) in [4.78, 5) is 33.7. The van der Waals surface area contributed by atoms with E-state index < -0.39 is 27.4 Å². The van der Waals surface area contributed by atoms with Gasteiger partial charge < -0.3 is 10.8 Å². The molecule has 0 aromatic heterocycles. The molecule has 0 amide bonds. The normalized spacial score (nSPS) is 12.8. The molecule has 21 heavy (non-hydrogen) atoms. The largest absolute Gasteiger partial charge is 0.480 e. The first-order chi connectivity index (χ1) is 9.61. The summed E-state index contributed by atoms with van der Waals surface area (Å²) in [7, 11) is 0. The van der Waals surface area contributed by atoms with Crippen molar-refractivity contribution in [2.75, 3.05) is 0 Å². The van der Waals surface area contributed by atoms with Crippen molar-refractivity contribution < 1.29 is 19.5 Å². The van der Waals surface area contributed by atoms with Crippen LogP contribution in [0.3, 0.4) is 0 Å². The summed E-state index contributed by atoms with van der Waals surface area (Å²) in [6.07, 6.45) is -0.0331. The number of carboxylic acid groups (broad SMARTS) is 1. The van der Waals surface area contributed by atoms with Crippen LogP contribution in [0.2, 0.25) is 0 Å². The second-order valence-corrected chi connectivity index (χ2v) is 6.67. The van der Waals surface area contributed by atoms with Crippen molar-refractivity contribution in [2.45, 2.75) is 22.7 Å². The highest BCUT2D eigenvalue weighted by Gasteiger charge is 2.35. The van der Waals surface area contributed by atoms with Gasteiger partial charge in [0.1, 0.15) is 6.04 Å². The molecular formula is C13H12Cl3NO4. The van der Waals surface area contributed by atoms with Crippen LogP contribution in [0.15, 0.2) is 24.3 Å². The quantitative estimate of drug-likeness (QED) is 0.600. The van der Waals surface area contributed by atoms with Gasteiger partial charge in [-0.15, -0.1) is 0 Å². The summed E-state index contributed by atoms with van der Waals surface area (Å²) in [6, 6.07) is 5.45. The number of aliphatic carboxylic acids is 1. The first-order valence-electron chi connectivity index (χ1n) is 5.82. The van der Waals surface area contributed by atoms with Gasteiger partial charge in [0.2, 0.25) is 11.6 Å². The Hall–Kier alpha value is -1.14. The molecule has 0 saturated carbocycles. The van der Waals surface area contributed by atoms with Crippen LogP contribution in [0.1, 0.15) is 11.1 Å².